The third-order valence-corrected chi connectivity index (χ3v) is 4.52. The van der Waals surface area contributed by atoms with E-state index in [-0.39, 0.29) is 17.4 Å². The number of anilines is 2. The van der Waals surface area contributed by atoms with E-state index in [1.54, 1.807) is 43.1 Å². The highest BCUT2D eigenvalue weighted by molar-refractivity contribution is 6.07. The molecule has 4 aromatic rings. The zero-order valence-electron chi connectivity index (χ0n) is 15.9. The Hall–Kier alpha value is -3.68. The summed E-state index contributed by atoms with van der Waals surface area (Å²) >= 11 is 0. The number of aryl methyl sites for hydroxylation is 2. The standard InChI is InChI=1S/C21H20FN5O2/c1-14-3-4-17(16(22)11-14)26-19-15-12-23-7-5-18(15)29-20(19)21(28)25-6-2-9-27-10-8-24-13-27/h3-5,7-8,10-13,26H,2,6,9H2,1H3,(H,25,28). The lowest BCUT2D eigenvalue weighted by molar-refractivity contribution is 0.0928. The minimum Gasteiger partial charge on any atom is -0.448 e. The van der Waals surface area contributed by atoms with Crippen molar-refractivity contribution in [3.8, 4) is 0 Å². The summed E-state index contributed by atoms with van der Waals surface area (Å²) in [6, 6.07) is 6.52. The second-order valence-corrected chi connectivity index (χ2v) is 6.70. The average molecular weight is 393 g/mol. The number of halogens is 1. The quantitative estimate of drug-likeness (QED) is 0.463. The first-order valence-electron chi connectivity index (χ1n) is 9.25. The molecule has 0 bridgehead atoms. The highest BCUT2D eigenvalue weighted by Crippen LogP contribution is 2.33. The van der Waals surface area contributed by atoms with Crippen LogP contribution in [0.25, 0.3) is 11.0 Å². The number of imidazole rings is 1. The Labute approximate surface area is 166 Å². The number of nitrogens with zero attached hydrogens (tertiary/aromatic N) is 3. The zero-order chi connectivity index (χ0) is 20.2. The normalized spacial score (nSPS) is 11.0. The summed E-state index contributed by atoms with van der Waals surface area (Å²) < 4.78 is 22.0. The van der Waals surface area contributed by atoms with Gasteiger partial charge in [0.05, 0.1) is 17.4 Å². The number of rotatable bonds is 7. The Balaban J connectivity index is 1.54. The first kappa shape index (κ1) is 18.7. The van der Waals surface area contributed by atoms with Crippen molar-refractivity contribution in [2.75, 3.05) is 11.9 Å². The van der Waals surface area contributed by atoms with Crippen molar-refractivity contribution < 1.29 is 13.6 Å². The smallest absolute Gasteiger partial charge is 0.289 e. The van der Waals surface area contributed by atoms with E-state index in [9.17, 15) is 9.18 Å². The third-order valence-electron chi connectivity index (χ3n) is 4.52. The van der Waals surface area contributed by atoms with Crippen LogP contribution in [-0.2, 0) is 6.54 Å². The van der Waals surface area contributed by atoms with Crippen LogP contribution < -0.4 is 10.6 Å². The SMILES string of the molecule is Cc1ccc(Nc2c(C(=O)NCCCn3ccnc3)oc3ccncc23)c(F)c1. The number of pyridine rings is 1. The fraction of sp³-hybridized carbons (Fsp3) is 0.190. The molecular formula is C21H20FN5O2. The molecule has 0 saturated carbocycles. The Kier molecular flexibility index (Phi) is 5.24. The van der Waals surface area contributed by atoms with Crippen molar-refractivity contribution in [3.63, 3.8) is 0 Å². The molecule has 3 heterocycles. The molecule has 0 aliphatic rings. The third kappa shape index (κ3) is 4.11. The van der Waals surface area contributed by atoms with Crippen LogP contribution in [-0.4, -0.2) is 27.0 Å². The monoisotopic (exact) mass is 393 g/mol. The molecule has 29 heavy (non-hydrogen) atoms. The average Bonchev–Trinajstić information content (AvgIpc) is 3.35. The molecule has 148 valence electrons. The van der Waals surface area contributed by atoms with Crippen molar-refractivity contribution in [1.82, 2.24) is 19.9 Å². The van der Waals surface area contributed by atoms with Crippen LogP contribution in [0, 0.1) is 12.7 Å². The zero-order valence-corrected chi connectivity index (χ0v) is 15.9. The second-order valence-electron chi connectivity index (χ2n) is 6.70. The van der Waals surface area contributed by atoms with Crippen molar-refractivity contribution in [2.24, 2.45) is 0 Å². The number of amides is 1. The van der Waals surface area contributed by atoms with Crippen molar-refractivity contribution in [3.05, 3.63) is 72.5 Å². The van der Waals surface area contributed by atoms with Gasteiger partial charge in [0.2, 0.25) is 5.76 Å². The van der Waals surface area contributed by atoms with Crippen LogP contribution >= 0.6 is 0 Å². The Morgan fingerprint density at radius 1 is 1.24 bits per heavy atom. The van der Waals surface area contributed by atoms with Crippen LogP contribution in [0.2, 0.25) is 0 Å². The Bertz CT molecular complexity index is 1140. The second kappa shape index (κ2) is 8.14. The van der Waals surface area contributed by atoms with Crippen LogP contribution in [0.1, 0.15) is 22.5 Å². The van der Waals surface area contributed by atoms with E-state index in [1.165, 1.54) is 6.07 Å². The highest BCUT2D eigenvalue weighted by Gasteiger charge is 2.21. The van der Waals surface area contributed by atoms with Gasteiger partial charge in [-0.25, -0.2) is 9.37 Å². The molecule has 0 atom stereocenters. The van der Waals surface area contributed by atoms with Gasteiger partial charge in [-0.3, -0.25) is 9.78 Å². The first-order valence-corrected chi connectivity index (χ1v) is 9.25. The number of hydrogen-bond donors (Lipinski definition) is 2. The molecule has 1 aromatic carbocycles. The van der Waals surface area contributed by atoms with Gasteiger partial charge in [-0.2, -0.15) is 0 Å². The number of aromatic nitrogens is 3. The molecule has 8 heteroatoms. The van der Waals surface area contributed by atoms with Crippen LogP contribution in [0.15, 0.2) is 59.8 Å². The van der Waals surface area contributed by atoms with Gasteiger partial charge in [-0.15, -0.1) is 0 Å². The van der Waals surface area contributed by atoms with Gasteiger partial charge >= 0.3 is 0 Å². The fourth-order valence-corrected chi connectivity index (χ4v) is 3.04. The molecule has 0 aliphatic heterocycles. The molecule has 0 spiro atoms. The number of benzene rings is 1. The molecule has 1 amide bonds. The molecule has 0 aliphatic carbocycles. The molecular weight excluding hydrogens is 373 g/mol. The number of fused-ring (bicyclic) bond motifs is 1. The lowest BCUT2D eigenvalue weighted by Crippen LogP contribution is -2.25. The molecule has 0 saturated heterocycles. The first-order chi connectivity index (χ1) is 14.1. The lowest BCUT2D eigenvalue weighted by Gasteiger charge is -2.09. The number of furan rings is 1. The summed E-state index contributed by atoms with van der Waals surface area (Å²) in [4.78, 5) is 20.8. The van der Waals surface area contributed by atoms with Gasteiger partial charge in [0, 0.05) is 37.9 Å². The number of carbonyl (C=O) groups is 1. The number of nitrogens with one attached hydrogen (secondary N) is 2. The van der Waals surface area contributed by atoms with Gasteiger partial charge in [-0.1, -0.05) is 6.07 Å². The Morgan fingerprint density at radius 3 is 2.93 bits per heavy atom. The predicted octanol–water partition coefficient (Wildman–Crippen LogP) is 4.04. The maximum Gasteiger partial charge on any atom is 0.289 e. The summed E-state index contributed by atoms with van der Waals surface area (Å²) in [5, 5.41) is 6.46. The van der Waals surface area contributed by atoms with Gasteiger partial charge in [0.1, 0.15) is 17.1 Å². The molecule has 3 aromatic heterocycles. The summed E-state index contributed by atoms with van der Waals surface area (Å²) in [6.07, 6.45) is 9.21. The van der Waals surface area contributed by atoms with Crippen LogP contribution in [0.4, 0.5) is 15.8 Å². The Morgan fingerprint density at radius 2 is 2.14 bits per heavy atom. The lowest BCUT2D eigenvalue weighted by atomic mass is 10.2. The topological polar surface area (TPSA) is 85.0 Å². The van der Waals surface area contributed by atoms with Gasteiger partial charge in [0.25, 0.3) is 5.91 Å². The molecule has 7 nitrogen and oxygen atoms in total. The predicted molar refractivity (Wildman–Crippen MR) is 108 cm³/mol. The van der Waals surface area contributed by atoms with Crippen molar-refractivity contribution in [1.29, 1.82) is 0 Å². The molecule has 0 unspecified atom stereocenters. The minimum atomic E-state index is -0.407. The maximum absolute atomic E-state index is 14.3. The van der Waals surface area contributed by atoms with E-state index >= 15 is 0 Å². The van der Waals surface area contributed by atoms with Gasteiger partial charge in [-0.05, 0) is 37.1 Å². The van der Waals surface area contributed by atoms with Crippen molar-refractivity contribution >= 4 is 28.3 Å². The van der Waals surface area contributed by atoms with Crippen LogP contribution in [0.5, 0.6) is 0 Å². The largest absolute Gasteiger partial charge is 0.448 e. The number of carbonyl (C=O) groups excluding carboxylic acids is 1. The summed E-state index contributed by atoms with van der Waals surface area (Å²) in [7, 11) is 0. The molecule has 0 radical (unpaired) electrons. The maximum atomic E-state index is 14.3. The van der Waals surface area contributed by atoms with E-state index in [4.69, 9.17) is 4.42 Å². The fourth-order valence-electron chi connectivity index (χ4n) is 3.04. The van der Waals surface area contributed by atoms with E-state index in [0.717, 1.165) is 18.5 Å². The van der Waals surface area contributed by atoms with E-state index in [2.05, 4.69) is 20.6 Å². The summed E-state index contributed by atoms with van der Waals surface area (Å²) in [6.45, 7) is 3.02. The van der Waals surface area contributed by atoms with Crippen molar-refractivity contribution in [2.45, 2.75) is 19.9 Å². The molecule has 0 fully saturated rings. The molecule has 2 N–H and O–H groups in total. The summed E-state index contributed by atoms with van der Waals surface area (Å²) in [5.74, 6) is -0.688. The van der Waals surface area contributed by atoms with E-state index in [1.807, 2.05) is 17.7 Å². The molecule has 4 rings (SSSR count). The van der Waals surface area contributed by atoms with Crippen LogP contribution in [0.3, 0.4) is 0 Å². The van der Waals surface area contributed by atoms with E-state index in [0.29, 0.717) is 23.2 Å². The van der Waals surface area contributed by atoms with Gasteiger partial charge < -0.3 is 19.6 Å². The summed E-state index contributed by atoms with van der Waals surface area (Å²) in [5.41, 5.74) is 1.96. The minimum absolute atomic E-state index is 0.0932. The highest BCUT2D eigenvalue weighted by atomic mass is 19.1. The van der Waals surface area contributed by atoms with Gasteiger partial charge in [0.15, 0.2) is 0 Å². The van der Waals surface area contributed by atoms with E-state index < -0.39 is 5.82 Å². The number of hydrogen-bond acceptors (Lipinski definition) is 5.